The van der Waals surface area contributed by atoms with Gasteiger partial charge in [-0.15, -0.1) is 0 Å². The second kappa shape index (κ2) is 14.2. The minimum atomic E-state index is -4.75. The molecule has 14 heteroatoms. The lowest BCUT2D eigenvalue weighted by Crippen LogP contribution is -2.55. The molecule has 0 bridgehead atoms. The van der Waals surface area contributed by atoms with Crippen LogP contribution in [0.25, 0.3) is 11.3 Å². The number of benzene rings is 1. The number of nitrogens with one attached hydrogen (secondary N) is 1. The summed E-state index contributed by atoms with van der Waals surface area (Å²) in [6.45, 7) is 5.55. The molecule has 2 aromatic heterocycles. The SMILES string of the molecule is CCOc1ncccc1-c1cnc(N2CCN(C(=O)c3ccc(Cl)cc3C(F)(F)F)C[C@H]2CC)c(C(=O)NCCN(C)C)n1. The average molecular weight is 634 g/mol. The average Bonchev–Trinajstić information content (AvgIpc) is 3.00. The van der Waals surface area contributed by atoms with Crippen LogP contribution in [0.15, 0.2) is 42.7 Å². The molecule has 0 saturated carbocycles. The van der Waals surface area contributed by atoms with Crippen molar-refractivity contribution < 1.29 is 27.5 Å². The molecule has 1 N–H and O–H groups in total. The van der Waals surface area contributed by atoms with Gasteiger partial charge in [0.15, 0.2) is 11.5 Å². The zero-order valence-corrected chi connectivity index (χ0v) is 25.7. The summed E-state index contributed by atoms with van der Waals surface area (Å²) in [6, 6.07) is 6.31. The monoisotopic (exact) mass is 633 g/mol. The molecule has 236 valence electrons. The molecular formula is C30H35ClF3N7O3. The maximum Gasteiger partial charge on any atom is 0.417 e. The number of rotatable bonds is 10. The van der Waals surface area contributed by atoms with E-state index in [1.165, 1.54) is 11.0 Å². The molecule has 1 atom stereocenters. The molecule has 0 spiro atoms. The highest BCUT2D eigenvalue weighted by atomic mass is 35.5. The van der Waals surface area contributed by atoms with E-state index in [0.717, 1.165) is 12.1 Å². The number of ether oxygens (including phenoxy) is 1. The largest absolute Gasteiger partial charge is 0.477 e. The Labute approximate surface area is 259 Å². The van der Waals surface area contributed by atoms with Gasteiger partial charge < -0.3 is 24.8 Å². The van der Waals surface area contributed by atoms with Crippen molar-refractivity contribution in [2.75, 3.05) is 58.3 Å². The van der Waals surface area contributed by atoms with Gasteiger partial charge in [-0.3, -0.25) is 9.59 Å². The Balaban J connectivity index is 1.67. The number of carbonyl (C=O) groups excluding carboxylic acids is 2. The van der Waals surface area contributed by atoms with E-state index in [2.05, 4.69) is 15.3 Å². The van der Waals surface area contributed by atoms with Crippen LogP contribution in [0.4, 0.5) is 19.0 Å². The van der Waals surface area contributed by atoms with Crippen molar-refractivity contribution >= 4 is 29.2 Å². The van der Waals surface area contributed by atoms with Crippen LogP contribution in [0, 0.1) is 0 Å². The zero-order valence-electron chi connectivity index (χ0n) is 25.0. The predicted molar refractivity (Wildman–Crippen MR) is 161 cm³/mol. The number of hydrogen-bond donors (Lipinski definition) is 1. The minimum absolute atomic E-state index is 0.0860. The maximum atomic E-state index is 13.8. The van der Waals surface area contributed by atoms with Gasteiger partial charge >= 0.3 is 6.18 Å². The Kier molecular flexibility index (Phi) is 10.6. The number of pyridine rings is 1. The van der Waals surface area contributed by atoms with Gasteiger partial charge in [-0.25, -0.2) is 15.0 Å². The quantitative estimate of drug-likeness (QED) is 0.345. The van der Waals surface area contributed by atoms with Gasteiger partial charge in [0.2, 0.25) is 5.88 Å². The molecule has 1 aliphatic heterocycles. The van der Waals surface area contributed by atoms with Crippen LogP contribution in [-0.2, 0) is 6.18 Å². The molecule has 0 radical (unpaired) electrons. The third kappa shape index (κ3) is 7.56. The van der Waals surface area contributed by atoms with E-state index in [1.54, 1.807) is 24.5 Å². The fraction of sp³-hybridized carbons (Fsp3) is 0.433. The summed E-state index contributed by atoms with van der Waals surface area (Å²) < 4.78 is 46.9. The lowest BCUT2D eigenvalue weighted by atomic mass is 10.0. The van der Waals surface area contributed by atoms with Gasteiger partial charge in [0.25, 0.3) is 11.8 Å². The lowest BCUT2D eigenvalue weighted by Gasteiger charge is -2.42. The lowest BCUT2D eigenvalue weighted by molar-refractivity contribution is -0.138. The van der Waals surface area contributed by atoms with Crippen LogP contribution in [0.1, 0.15) is 46.7 Å². The highest BCUT2D eigenvalue weighted by Crippen LogP contribution is 2.35. The summed E-state index contributed by atoms with van der Waals surface area (Å²) in [5.74, 6) is -0.494. The van der Waals surface area contributed by atoms with Gasteiger partial charge in [-0.2, -0.15) is 13.2 Å². The summed E-state index contributed by atoms with van der Waals surface area (Å²) in [5, 5.41) is 2.79. The first-order valence-electron chi connectivity index (χ1n) is 14.2. The first kappa shape index (κ1) is 32.9. The highest BCUT2D eigenvalue weighted by molar-refractivity contribution is 6.30. The van der Waals surface area contributed by atoms with Crippen molar-refractivity contribution in [3.05, 3.63) is 64.6 Å². The summed E-state index contributed by atoms with van der Waals surface area (Å²) in [6.07, 6.45) is -1.08. The number of piperazine rings is 1. The number of alkyl halides is 3. The van der Waals surface area contributed by atoms with Gasteiger partial charge in [0.05, 0.1) is 35.2 Å². The fourth-order valence-electron chi connectivity index (χ4n) is 4.97. The second-order valence-corrected chi connectivity index (χ2v) is 10.9. The number of hydrogen-bond acceptors (Lipinski definition) is 8. The van der Waals surface area contributed by atoms with E-state index in [1.807, 2.05) is 37.7 Å². The normalized spacial score (nSPS) is 15.4. The number of carbonyl (C=O) groups is 2. The zero-order chi connectivity index (χ0) is 32.0. The van der Waals surface area contributed by atoms with E-state index in [4.69, 9.17) is 21.3 Å². The van der Waals surface area contributed by atoms with Gasteiger partial charge in [-0.1, -0.05) is 18.5 Å². The molecule has 0 aliphatic carbocycles. The Hall–Kier alpha value is -3.97. The Bertz CT molecular complexity index is 1490. The predicted octanol–water partition coefficient (Wildman–Crippen LogP) is 4.64. The second-order valence-electron chi connectivity index (χ2n) is 10.5. The van der Waals surface area contributed by atoms with Crippen molar-refractivity contribution in [3.63, 3.8) is 0 Å². The van der Waals surface area contributed by atoms with E-state index in [9.17, 15) is 22.8 Å². The molecule has 1 aliphatic rings. The molecule has 2 amide bonds. The molecule has 1 aromatic carbocycles. The fourth-order valence-corrected chi connectivity index (χ4v) is 5.14. The Morgan fingerprint density at radius 1 is 1.16 bits per heavy atom. The topological polar surface area (TPSA) is 104 Å². The van der Waals surface area contributed by atoms with Crippen LogP contribution in [-0.4, -0.2) is 96.0 Å². The first-order chi connectivity index (χ1) is 20.9. The van der Waals surface area contributed by atoms with Crippen molar-refractivity contribution in [2.45, 2.75) is 32.5 Å². The van der Waals surface area contributed by atoms with Crippen LogP contribution in [0.2, 0.25) is 5.02 Å². The standard InChI is InChI=1S/C30H35ClF3N7O3/c1-5-20-18-40(29(43)21-10-9-19(31)16-23(21)30(32,33)34)14-15-41(20)26-25(27(42)35-12-13-39(3)4)38-24(17-37-26)22-8-7-11-36-28(22)44-6-2/h7-11,16-17,20H,5-6,12-15,18H2,1-4H3,(H,35,42)/t20-/m1/s1. The molecule has 3 heterocycles. The highest BCUT2D eigenvalue weighted by Gasteiger charge is 2.38. The van der Waals surface area contributed by atoms with Crippen LogP contribution >= 0.6 is 11.6 Å². The third-order valence-electron chi connectivity index (χ3n) is 7.17. The molecule has 1 fully saturated rings. The summed E-state index contributed by atoms with van der Waals surface area (Å²) >= 11 is 5.82. The van der Waals surface area contributed by atoms with E-state index >= 15 is 0 Å². The van der Waals surface area contributed by atoms with Crippen molar-refractivity contribution in [2.24, 2.45) is 0 Å². The van der Waals surface area contributed by atoms with E-state index < -0.39 is 29.1 Å². The Morgan fingerprint density at radius 2 is 1.93 bits per heavy atom. The van der Waals surface area contributed by atoms with Crippen molar-refractivity contribution in [1.82, 2.24) is 30.1 Å². The van der Waals surface area contributed by atoms with Crippen LogP contribution in [0.3, 0.4) is 0 Å². The van der Waals surface area contributed by atoms with Gasteiger partial charge in [-0.05, 0) is 57.8 Å². The molecule has 44 heavy (non-hydrogen) atoms. The molecule has 1 saturated heterocycles. The number of amides is 2. The van der Waals surface area contributed by atoms with E-state index in [-0.39, 0.29) is 36.4 Å². The summed E-state index contributed by atoms with van der Waals surface area (Å²) in [7, 11) is 3.79. The third-order valence-corrected chi connectivity index (χ3v) is 7.41. The molecule has 4 rings (SSSR count). The maximum absolute atomic E-state index is 13.8. The number of aromatic nitrogens is 3. The summed E-state index contributed by atoms with van der Waals surface area (Å²) in [4.78, 5) is 45.7. The molecule has 0 unspecified atom stereocenters. The molecule has 3 aromatic rings. The Morgan fingerprint density at radius 3 is 2.61 bits per heavy atom. The smallest absolute Gasteiger partial charge is 0.417 e. The molecule has 10 nitrogen and oxygen atoms in total. The van der Waals surface area contributed by atoms with Gasteiger partial charge in [0, 0.05) is 50.0 Å². The van der Waals surface area contributed by atoms with Gasteiger partial charge in [0.1, 0.15) is 0 Å². The number of halogens is 4. The first-order valence-corrected chi connectivity index (χ1v) is 14.6. The van der Waals surface area contributed by atoms with Crippen LogP contribution < -0.4 is 15.0 Å². The van der Waals surface area contributed by atoms with Crippen molar-refractivity contribution in [3.8, 4) is 17.1 Å². The summed E-state index contributed by atoms with van der Waals surface area (Å²) in [5.41, 5.74) is -0.487. The minimum Gasteiger partial charge on any atom is -0.477 e. The van der Waals surface area contributed by atoms with Crippen molar-refractivity contribution in [1.29, 1.82) is 0 Å². The number of anilines is 1. The number of nitrogens with zero attached hydrogens (tertiary/aromatic N) is 6. The number of likely N-dealkylation sites (N-methyl/N-ethyl adjacent to an activating group) is 1. The van der Waals surface area contributed by atoms with Crippen LogP contribution in [0.5, 0.6) is 5.88 Å². The molecular weight excluding hydrogens is 599 g/mol. The van der Waals surface area contributed by atoms with E-state index in [0.29, 0.717) is 49.1 Å².